The largest absolute Gasteiger partial charge is 0.303 e. The van der Waals surface area contributed by atoms with Crippen molar-refractivity contribution in [3.63, 3.8) is 0 Å². The van der Waals surface area contributed by atoms with Gasteiger partial charge < -0.3 is 4.79 Å². The van der Waals surface area contributed by atoms with Crippen molar-refractivity contribution < 1.29 is 14.4 Å². The average Bonchev–Trinajstić information content (AvgIpc) is 2.16. The van der Waals surface area contributed by atoms with E-state index in [0.717, 1.165) is 12.7 Å². The second-order valence-corrected chi connectivity index (χ2v) is 4.14. The second kappa shape index (κ2) is 4.49. The molecular formula is C11H16O3. The van der Waals surface area contributed by atoms with Crippen LogP contribution >= 0.6 is 0 Å². The number of carbonyl (C=O) groups excluding carboxylic acids is 3. The first-order valence-electron chi connectivity index (χ1n) is 5.02. The fourth-order valence-corrected chi connectivity index (χ4v) is 2.23. The molecule has 3 nitrogen and oxygen atoms in total. The summed E-state index contributed by atoms with van der Waals surface area (Å²) in [5, 5.41) is 0. The maximum Gasteiger partial charge on any atom is 0.133 e. The molecule has 0 saturated heterocycles. The summed E-state index contributed by atoms with van der Waals surface area (Å²) >= 11 is 0. The van der Waals surface area contributed by atoms with Crippen molar-refractivity contribution in [1.29, 1.82) is 0 Å². The van der Waals surface area contributed by atoms with Gasteiger partial charge in [-0.1, -0.05) is 0 Å². The predicted molar refractivity (Wildman–Crippen MR) is 51.7 cm³/mol. The lowest BCUT2D eigenvalue weighted by Crippen LogP contribution is -2.32. The zero-order chi connectivity index (χ0) is 10.7. The standard InChI is InChI=1S/C11H16O3/c1-7(13)9-3-4-11(8(2)14)10(5-9)6-12/h6,9-11H,3-5H2,1-2H3. The zero-order valence-corrected chi connectivity index (χ0v) is 8.66. The van der Waals surface area contributed by atoms with Gasteiger partial charge in [0.1, 0.15) is 17.9 Å². The Morgan fingerprint density at radius 2 is 1.79 bits per heavy atom. The first-order valence-corrected chi connectivity index (χ1v) is 5.02. The van der Waals surface area contributed by atoms with Crippen LogP contribution in [0.4, 0.5) is 0 Å². The van der Waals surface area contributed by atoms with Crippen LogP contribution in [0.1, 0.15) is 33.1 Å². The number of carbonyl (C=O) groups is 3. The van der Waals surface area contributed by atoms with Gasteiger partial charge in [-0.3, -0.25) is 9.59 Å². The highest BCUT2D eigenvalue weighted by molar-refractivity contribution is 5.83. The Kier molecular flexibility index (Phi) is 3.55. The third-order valence-corrected chi connectivity index (χ3v) is 3.17. The number of aldehydes is 1. The first kappa shape index (κ1) is 11.1. The molecule has 78 valence electrons. The molecule has 1 saturated carbocycles. The van der Waals surface area contributed by atoms with E-state index in [1.807, 2.05) is 0 Å². The monoisotopic (exact) mass is 196 g/mol. The van der Waals surface area contributed by atoms with Gasteiger partial charge >= 0.3 is 0 Å². The molecule has 0 spiro atoms. The topological polar surface area (TPSA) is 51.2 Å². The number of hydrogen-bond donors (Lipinski definition) is 0. The van der Waals surface area contributed by atoms with Gasteiger partial charge in [0.15, 0.2) is 0 Å². The molecule has 1 aliphatic carbocycles. The molecule has 14 heavy (non-hydrogen) atoms. The van der Waals surface area contributed by atoms with Crippen LogP contribution in [0.2, 0.25) is 0 Å². The van der Waals surface area contributed by atoms with Crippen LogP contribution in [0.15, 0.2) is 0 Å². The summed E-state index contributed by atoms with van der Waals surface area (Å²) in [5.74, 6) is -0.193. The number of hydrogen-bond acceptors (Lipinski definition) is 3. The average molecular weight is 196 g/mol. The summed E-state index contributed by atoms with van der Waals surface area (Å²) in [6.45, 7) is 3.08. The van der Waals surface area contributed by atoms with Crippen LogP contribution in [0.25, 0.3) is 0 Å². The van der Waals surface area contributed by atoms with Gasteiger partial charge in [0.25, 0.3) is 0 Å². The molecule has 1 aliphatic rings. The fraction of sp³-hybridized carbons (Fsp3) is 0.727. The molecule has 0 N–H and O–H groups in total. The molecule has 3 atom stereocenters. The van der Waals surface area contributed by atoms with Crippen LogP contribution in [0.3, 0.4) is 0 Å². The molecule has 0 aromatic rings. The summed E-state index contributed by atoms with van der Waals surface area (Å²) in [7, 11) is 0. The van der Waals surface area contributed by atoms with Crippen molar-refractivity contribution in [3.05, 3.63) is 0 Å². The number of rotatable bonds is 3. The minimum atomic E-state index is -0.241. The quantitative estimate of drug-likeness (QED) is 0.641. The van der Waals surface area contributed by atoms with Crippen molar-refractivity contribution in [2.75, 3.05) is 0 Å². The zero-order valence-electron chi connectivity index (χ0n) is 8.66. The van der Waals surface area contributed by atoms with E-state index in [2.05, 4.69) is 0 Å². The normalized spacial score (nSPS) is 32.3. The predicted octanol–water partition coefficient (Wildman–Crippen LogP) is 1.40. The minimum absolute atomic E-state index is 0.0131. The van der Waals surface area contributed by atoms with Crippen LogP contribution in [0, 0.1) is 17.8 Å². The maximum atomic E-state index is 11.2. The molecule has 0 aromatic carbocycles. The molecule has 0 aliphatic heterocycles. The van der Waals surface area contributed by atoms with E-state index in [1.54, 1.807) is 6.92 Å². The molecule has 0 bridgehead atoms. The first-order chi connectivity index (χ1) is 6.56. The van der Waals surface area contributed by atoms with Crippen molar-refractivity contribution in [2.45, 2.75) is 33.1 Å². The van der Waals surface area contributed by atoms with Crippen LogP contribution in [0.5, 0.6) is 0 Å². The number of Topliss-reactive ketones (excluding diaryl/α,β-unsaturated/α-hetero) is 2. The summed E-state index contributed by atoms with van der Waals surface area (Å²) in [6, 6.07) is 0. The Hall–Kier alpha value is -0.990. The van der Waals surface area contributed by atoms with Crippen molar-refractivity contribution in [3.8, 4) is 0 Å². The third kappa shape index (κ3) is 2.28. The molecule has 3 unspecified atom stereocenters. The Labute approximate surface area is 83.9 Å². The van der Waals surface area contributed by atoms with Gasteiger partial charge in [-0.25, -0.2) is 0 Å². The fourth-order valence-electron chi connectivity index (χ4n) is 2.23. The SMILES string of the molecule is CC(=O)C1CCC(C(C)=O)C(C=O)C1. The Balaban J connectivity index is 2.68. The highest BCUT2D eigenvalue weighted by Gasteiger charge is 2.34. The number of ketones is 2. The van der Waals surface area contributed by atoms with Gasteiger partial charge in [-0.2, -0.15) is 0 Å². The molecule has 1 rings (SSSR count). The van der Waals surface area contributed by atoms with Gasteiger partial charge in [0.2, 0.25) is 0 Å². The summed E-state index contributed by atoms with van der Waals surface area (Å²) in [6.07, 6.45) is 2.83. The van der Waals surface area contributed by atoms with E-state index in [9.17, 15) is 14.4 Å². The van der Waals surface area contributed by atoms with E-state index in [-0.39, 0.29) is 29.3 Å². The Bertz CT molecular complexity index is 257. The van der Waals surface area contributed by atoms with Crippen LogP contribution in [-0.2, 0) is 14.4 Å². The molecule has 0 aromatic heterocycles. The van der Waals surface area contributed by atoms with E-state index in [4.69, 9.17) is 0 Å². The van der Waals surface area contributed by atoms with Crippen molar-refractivity contribution in [2.24, 2.45) is 17.8 Å². The maximum absolute atomic E-state index is 11.2. The van der Waals surface area contributed by atoms with E-state index in [1.165, 1.54) is 6.92 Å². The molecular weight excluding hydrogens is 180 g/mol. The lowest BCUT2D eigenvalue weighted by atomic mass is 9.72. The lowest BCUT2D eigenvalue weighted by Gasteiger charge is -2.30. The van der Waals surface area contributed by atoms with Gasteiger partial charge in [0, 0.05) is 17.8 Å². The van der Waals surface area contributed by atoms with E-state index in [0.29, 0.717) is 12.8 Å². The molecule has 1 fully saturated rings. The molecule has 0 heterocycles. The van der Waals surface area contributed by atoms with E-state index < -0.39 is 0 Å². The van der Waals surface area contributed by atoms with Crippen molar-refractivity contribution >= 4 is 17.9 Å². The highest BCUT2D eigenvalue weighted by atomic mass is 16.1. The summed E-state index contributed by atoms with van der Waals surface area (Å²) in [4.78, 5) is 33.1. The van der Waals surface area contributed by atoms with Crippen LogP contribution < -0.4 is 0 Å². The molecule has 3 heteroatoms. The van der Waals surface area contributed by atoms with Gasteiger partial charge in [0.05, 0.1) is 0 Å². The smallest absolute Gasteiger partial charge is 0.133 e. The Morgan fingerprint density at radius 3 is 2.21 bits per heavy atom. The van der Waals surface area contributed by atoms with E-state index >= 15 is 0 Å². The summed E-state index contributed by atoms with van der Waals surface area (Å²) in [5.41, 5.74) is 0. The van der Waals surface area contributed by atoms with Crippen molar-refractivity contribution in [1.82, 2.24) is 0 Å². The third-order valence-electron chi connectivity index (χ3n) is 3.17. The second-order valence-electron chi connectivity index (χ2n) is 4.14. The van der Waals surface area contributed by atoms with Crippen LogP contribution in [-0.4, -0.2) is 17.9 Å². The highest BCUT2D eigenvalue weighted by Crippen LogP contribution is 2.33. The minimum Gasteiger partial charge on any atom is -0.303 e. The molecule has 0 amide bonds. The van der Waals surface area contributed by atoms with Gasteiger partial charge in [-0.05, 0) is 33.1 Å². The Morgan fingerprint density at radius 1 is 1.14 bits per heavy atom. The lowest BCUT2D eigenvalue weighted by molar-refractivity contribution is -0.131. The van der Waals surface area contributed by atoms with Gasteiger partial charge in [-0.15, -0.1) is 0 Å². The molecule has 0 radical (unpaired) electrons. The summed E-state index contributed by atoms with van der Waals surface area (Å²) < 4.78 is 0.